The highest BCUT2D eigenvalue weighted by Crippen LogP contribution is 2.35. The number of hydrogen-bond donors (Lipinski definition) is 1. The maximum Gasteiger partial charge on any atom is 0.416 e. The first kappa shape index (κ1) is 28.9. The third-order valence-electron chi connectivity index (χ3n) is 7.49. The van der Waals surface area contributed by atoms with E-state index >= 15 is 0 Å². The van der Waals surface area contributed by atoms with Crippen molar-refractivity contribution < 1.29 is 22.7 Å². The minimum absolute atomic E-state index is 0.0585. The van der Waals surface area contributed by atoms with Gasteiger partial charge in [0.15, 0.2) is 0 Å². The number of hydrogen-bond acceptors (Lipinski definition) is 6. The summed E-state index contributed by atoms with van der Waals surface area (Å²) in [4.78, 5) is 24.3. The van der Waals surface area contributed by atoms with Crippen molar-refractivity contribution in [2.24, 2.45) is 13.0 Å². The quantitative estimate of drug-likeness (QED) is 0.232. The Balaban J connectivity index is 1.26. The maximum absolute atomic E-state index is 13.0. The van der Waals surface area contributed by atoms with Crippen molar-refractivity contribution in [3.05, 3.63) is 71.0 Å². The molecule has 1 aliphatic rings. The van der Waals surface area contributed by atoms with E-state index in [0.717, 1.165) is 43.6 Å². The molecule has 0 saturated carbocycles. The molecule has 0 spiro atoms. The first-order valence-corrected chi connectivity index (χ1v) is 13.9. The number of alkyl halides is 3. The molecule has 216 valence electrons. The summed E-state index contributed by atoms with van der Waals surface area (Å²) < 4.78 is 46.8. The van der Waals surface area contributed by atoms with Crippen molar-refractivity contribution >= 4 is 40.1 Å². The van der Waals surface area contributed by atoms with Gasteiger partial charge in [0.25, 0.3) is 0 Å². The zero-order valence-electron chi connectivity index (χ0n) is 23.0. The number of anilines is 2. The number of Topliss-reactive ketones (excluding diaryl/α,β-unsaturated/α-hetero) is 1. The van der Waals surface area contributed by atoms with Crippen LogP contribution in [0.2, 0.25) is 5.02 Å². The van der Waals surface area contributed by atoms with Crippen LogP contribution in [0.5, 0.6) is 11.5 Å². The van der Waals surface area contributed by atoms with Gasteiger partial charge in [0.2, 0.25) is 5.95 Å². The van der Waals surface area contributed by atoms with E-state index in [1.165, 1.54) is 6.07 Å². The van der Waals surface area contributed by atoms with E-state index in [1.54, 1.807) is 42.1 Å². The predicted molar refractivity (Wildman–Crippen MR) is 153 cm³/mol. The van der Waals surface area contributed by atoms with Crippen molar-refractivity contribution in [1.29, 1.82) is 0 Å². The van der Waals surface area contributed by atoms with Gasteiger partial charge in [-0.3, -0.25) is 9.78 Å². The number of aromatic nitrogens is 3. The molecule has 0 aliphatic carbocycles. The number of carbonyl (C=O) groups is 1. The third-order valence-corrected chi connectivity index (χ3v) is 7.80. The summed E-state index contributed by atoms with van der Waals surface area (Å²) in [6, 6.07) is 12.5. The summed E-state index contributed by atoms with van der Waals surface area (Å²) in [5, 5.41) is 2.94. The van der Waals surface area contributed by atoms with Crippen LogP contribution in [-0.2, 0) is 24.4 Å². The van der Waals surface area contributed by atoms with Gasteiger partial charge >= 0.3 is 6.18 Å². The normalized spacial score (nSPS) is 15.0. The number of fused-ring (bicyclic) bond motifs is 1. The Bertz CT molecular complexity index is 1560. The Morgan fingerprint density at radius 3 is 2.51 bits per heavy atom. The van der Waals surface area contributed by atoms with Gasteiger partial charge in [-0.05, 0) is 76.2 Å². The first-order chi connectivity index (χ1) is 19.5. The van der Waals surface area contributed by atoms with Crippen LogP contribution in [0, 0.1) is 5.92 Å². The van der Waals surface area contributed by atoms with Crippen LogP contribution < -0.4 is 10.1 Å². The minimum atomic E-state index is -4.48. The van der Waals surface area contributed by atoms with Gasteiger partial charge in [0.05, 0.1) is 33.0 Å². The van der Waals surface area contributed by atoms with Crippen LogP contribution in [0.4, 0.5) is 24.8 Å². The van der Waals surface area contributed by atoms with Gasteiger partial charge in [0.1, 0.15) is 17.3 Å². The number of piperidine rings is 1. The van der Waals surface area contributed by atoms with Crippen molar-refractivity contribution in [3.63, 3.8) is 0 Å². The monoisotopic (exact) mass is 585 g/mol. The van der Waals surface area contributed by atoms with Crippen LogP contribution in [0.15, 0.2) is 54.7 Å². The van der Waals surface area contributed by atoms with Gasteiger partial charge in [0, 0.05) is 43.8 Å². The Hall–Kier alpha value is -3.63. The van der Waals surface area contributed by atoms with Crippen molar-refractivity contribution in [2.75, 3.05) is 18.4 Å². The van der Waals surface area contributed by atoms with Gasteiger partial charge in [-0.1, -0.05) is 11.6 Å². The summed E-state index contributed by atoms with van der Waals surface area (Å²) >= 11 is 6.11. The fraction of sp³-hybridized carbons (Fsp3) is 0.367. The number of pyridine rings is 1. The highest BCUT2D eigenvalue weighted by molar-refractivity contribution is 6.33. The Kier molecular flexibility index (Phi) is 8.24. The molecule has 1 aliphatic heterocycles. The van der Waals surface area contributed by atoms with E-state index in [2.05, 4.69) is 34.0 Å². The molecule has 0 bridgehead atoms. The van der Waals surface area contributed by atoms with Crippen LogP contribution in [0.1, 0.15) is 37.9 Å². The highest BCUT2D eigenvalue weighted by Gasteiger charge is 2.31. The van der Waals surface area contributed by atoms with E-state index in [1.807, 2.05) is 6.07 Å². The lowest BCUT2D eigenvalue weighted by Gasteiger charge is -2.33. The average Bonchev–Trinajstić information content (AvgIpc) is 3.23. The lowest BCUT2D eigenvalue weighted by Crippen LogP contribution is -2.40. The highest BCUT2D eigenvalue weighted by atomic mass is 35.5. The van der Waals surface area contributed by atoms with Crippen molar-refractivity contribution in [3.8, 4) is 11.5 Å². The SMILES string of the molecule is CC(C)N1CCC(C(=O)Cc2cc(Oc3ccc4c(c3)nc(Nc3ccc(C(F)(F)F)cc3Cl)n4C)ccn2)CC1. The zero-order valence-corrected chi connectivity index (χ0v) is 23.8. The molecule has 5 rings (SSSR count). The predicted octanol–water partition coefficient (Wildman–Crippen LogP) is 7.41. The molecular formula is C30H31ClF3N5O2. The van der Waals surface area contributed by atoms with E-state index < -0.39 is 11.7 Å². The summed E-state index contributed by atoms with van der Waals surface area (Å²) in [5.41, 5.74) is 1.55. The number of aryl methyl sites for hydroxylation is 1. The number of halogens is 4. The molecule has 2 aromatic carbocycles. The Morgan fingerprint density at radius 1 is 1.10 bits per heavy atom. The third kappa shape index (κ3) is 6.65. The fourth-order valence-corrected chi connectivity index (χ4v) is 5.31. The number of rotatable bonds is 8. The molecule has 0 radical (unpaired) electrons. The second-order valence-corrected chi connectivity index (χ2v) is 11.0. The zero-order chi connectivity index (χ0) is 29.3. The maximum atomic E-state index is 13.0. The minimum Gasteiger partial charge on any atom is -0.457 e. The van der Waals surface area contributed by atoms with Crippen LogP contribution in [0.3, 0.4) is 0 Å². The van der Waals surface area contributed by atoms with Crippen molar-refractivity contribution in [1.82, 2.24) is 19.4 Å². The van der Waals surface area contributed by atoms with Crippen molar-refractivity contribution in [2.45, 2.75) is 45.3 Å². The van der Waals surface area contributed by atoms with E-state index in [-0.39, 0.29) is 23.1 Å². The van der Waals surface area contributed by atoms with Crippen LogP contribution in [-0.4, -0.2) is 44.3 Å². The molecule has 11 heteroatoms. The van der Waals surface area contributed by atoms with Gasteiger partial charge in [-0.15, -0.1) is 0 Å². The molecule has 4 aromatic rings. The average molecular weight is 586 g/mol. The number of nitrogens with zero attached hydrogens (tertiary/aromatic N) is 4. The molecule has 2 aromatic heterocycles. The number of ether oxygens (including phenoxy) is 1. The van der Waals surface area contributed by atoms with E-state index in [0.29, 0.717) is 40.4 Å². The largest absolute Gasteiger partial charge is 0.457 e. The Morgan fingerprint density at radius 2 is 1.83 bits per heavy atom. The number of nitrogens with one attached hydrogen (secondary N) is 1. The summed E-state index contributed by atoms with van der Waals surface area (Å²) in [7, 11) is 1.79. The molecule has 41 heavy (non-hydrogen) atoms. The molecule has 0 amide bonds. The summed E-state index contributed by atoms with van der Waals surface area (Å²) in [6.07, 6.45) is -0.829. The number of likely N-dealkylation sites (tertiary alicyclic amines) is 1. The lowest BCUT2D eigenvalue weighted by atomic mass is 9.90. The molecule has 0 atom stereocenters. The van der Waals surface area contributed by atoms with Gasteiger partial charge in [-0.25, -0.2) is 4.98 Å². The fourth-order valence-electron chi connectivity index (χ4n) is 5.08. The van der Waals surface area contributed by atoms with Gasteiger partial charge < -0.3 is 19.5 Å². The lowest BCUT2D eigenvalue weighted by molar-refractivity contribution is -0.137. The number of ketones is 1. The number of benzene rings is 2. The summed E-state index contributed by atoms with van der Waals surface area (Å²) in [5.74, 6) is 1.77. The molecule has 3 heterocycles. The first-order valence-electron chi connectivity index (χ1n) is 13.5. The van der Waals surface area contributed by atoms with Crippen LogP contribution >= 0.6 is 11.6 Å². The number of carbonyl (C=O) groups excluding carboxylic acids is 1. The standard InChI is InChI=1S/C30H31ClF3N5O2/c1-18(2)39-12-9-19(10-13-39)28(40)16-21-15-23(8-11-35-21)41-22-5-7-27-26(17-22)37-29(38(27)3)36-25-6-4-20(14-24(25)31)30(32,33)34/h4-8,11,14-15,17-19H,9-10,12-13,16H2,1-3H3,(H,36,37). The molecule has 1 N–H and O–H groups in total. The molecule has 1 saturated heterocycles. The molecular weight excluding hydrogens is 555 g/mol. The Labute approximate surface area is 241 Å². The van der Waals surface area contributed by atoms with E-state index in [4.69, 9.17) is 16.3 Å². The van der Waals surface area contributed by atoms with Gasteiger partial charge in [-0.2, -0.15) is 13.2 Å². The molecule has 7 nitrogen and oxygen atoms in total. The van der Waals surface area contributed by atoms with Crippen LogP contribution in [0.25, 0.3) is 11.0 Å². The summed E-state index contributed by atoms with van der Waals surface area (Å²) in [6.45, 7) is 6.24. The van der Waals surface area contributed by atoms with E-state index in [9.17, 15) is 18.0 Å². The molecule has 1 fully saturated rings. The molecule has 0 unspecified atom stereocenters. The second kappa shape index (κ2) is 11.7. The smallest absolute Gasteiger partial charge is 0.416 e. The number of imidazole rings is 1. The second-order valence-electron chi connectivity index (χ2n) is 10.6. The topological polar surface area (TPSA) is 72.3 Å².